The number of hydrogen-bond acceptors (Lipinski definition) is 6. The number of benzene rings is 1. The van der Waals surface area contributed by atoms with Crippen molar-refractivity contribution in [3.63, 3.8) is 0 Å². The van der Waals surface area contributed by atoms with Gasteiger partial charge < -0.3 is 14.9 Å². The molecule has 28 heavy (non-hydrogen) atoms. The van der Waals surface area contributed by atoms with Crippen LogP contribution >= 0.6 is 0 Å². The van der Waals surface area contributed by atoms with Gasteiger partial charge in [-0.25, -0.2) is 4.79 Å². The largest absolute Gasteiger partial charge is 0.422 e. The molecule has 0 bridgehead atoms. The summed E-state index contributed by atoms with van der Waals surface area (Å²) in [4.78, 5) is 13.6. The fourth-order valence-corrected chi connectivity index (χ4v) is 1.92. The lowest BCUT2D eigenvalue weighted by atomic mass is 10.2. The van der Waals surface area contributed by atoms with E-state index in [0.717, 1.165) is 5.70 Å². The molecule has 0 aliphatic rings. The van der Waals surface area contributed by atoms with Crippen LogP contribution in [0.2, 0.25) is 0 Å². The van der Waals surface area contributed by atoms with Crippen molar-refractivity contribution < 1.29 is 13.9 Å². The van der Waals surface area contributed by atoms with Crippen molar-refractivity contribution in [2.24, 2.45) is 5.73 Å². The molecule has 1 aromatic carbocycles. The van der Waals surface area contributed by atoms with Gasteiger partial charge in [0.05, 0.1) is 6.04 Å². The fraction of sp³-hybridized carbons (Fsp3) is 0.381. The van der Waals surface area contributed by atoms with Crippen LogP contribution in [0.25, 0.3) is 0 Å². The lowest BCUT2D eigenvalue weighted by molar-refractivity contribution is 0.135. The van der Waals surface area contributed by atoms with Gasteiger partial charge in [0.25, 0.3) is 0 Å². The molecule has 1 unspecified atom stereocenters. The Hall–Kier alpha value is -2.93. The Morgan fingerprint density at radius 1 is 1.21 bits per heavy atom. The molecule has 1 amide bonds. The molecule has 2 aromatic rings. The van der Waals surface area contributed by atoms with E-state index in [1.54, 1.807) is 39.8 Å². The number of ether oxygens (including phenoxy) is 1. The smallest absolute Gasteiger partial charge is 0.419 e. The summed E-state index contributed by atoms with van der Waals surface area (Å²) in [5.41, 5.74) is 7.72. The molecule has 0 fully saturated rings. The van der Waals surface area contributed by atoms with Crippen LogP contribution in [0, 0.1) is 6.92 Å². The topological polar surface area (TPSA) is 94.5 Å². The van der Waals surface area contributed by atoms with Gasteiger partial charge in [0.2, 0.25) is 11.8 Å². The summed E-state index contributed by atoms with van der Waals surface area (Å²) in [6, 6.07) is 9.91. The molecule has 0 spiro atoms. The van der Waals surface area contributed by atoms with Gasteiger partial charge in [-0.05, 0) is 47.6 Å². The van der Waals surface area contributed by atoms with E-state index in [9.17, 15) is 4.79 Å². The number of amides is 1. The molecule has 1 atom stereocenters. The molecule has 1 heterocycles. The summed E-state index contributed by atoms with van der Waals surface area (Å²) in [6.45, 7) is 11.1. The molecule has 2 N–H and O–H groups in total. The number of carbonyl (C=O) groups is 1. The average molecular weight is 386 g/mol. The van der Waals surface area contributed by atoms with E-state index in [0.29, 0.717) is 17.5 Å². The van der Waals surface area contributed by atoms with Crippen LogP contribution in [0.3, 0.4) is 0 Å². The summed E-state index contributed by atoms with van der Waals surface area (Å²) < 4.78 is 10.6. The second kappa shape index (κ2) is 11.7. The minimum atomic E-state index is -0.498. The van der Waals surface area contributed by atoms with Gasteiger partial charge >= 0.3 is 6.09 Å². The highest BCUT2D eigenvalue weighted by Crippen LogP contribution is 2.15. The quantitative estimate of drug-likeness (QED) is 0.737. The van der Waals surface area contributed by atoms with E-state index >= 15 is 0 Å². The Balaban J connectivity index is 0.000000467. The maximum absolute atomic E-state index is 12.2. The second-order valence-corrected chi connectivity index (χ2v) is 6.26. The van der Waals surface area contributed by atoms with Crippen LogP contribution in [0.15, 0.2) is 58.4 Å². The predicted octanol–water partition coefficient (Wildman–Crippen LogP) is 4.87. The number of aryl methyl sites for hydroxylation is 1. The zero-order valence-electron chi connectivity index (χ0n) is 17.5. The number of carbonyl (C=O) groups excluding carboxylic acids is 1. The van der Waals surface area contributed by atoms with Crippen molar-refractivity contribution in [1.82, 2.24) is 15.1 Å². The van der Waals surface area contributed by atoms with E-state index in [2.05, 4.69) is 29.3 Å². The molecular weight excluding hydrogens is 356 g/mol. The van der Waals surface area contributed by atoms with Gasteiger partial charge in [-0.1, -0.05) is 42.0 Å². The Bertz CT molecular complexity index is 795. The second-order valence-electron chi connectivity index (χ2n) is 6.26. The Morgan fingerprint density at radius 3 is 2.29 bits per heavy atom. The molecule has 0 saturated heterocycles. The van der Waals surface area contributed by atoms with Crippen LogP contribution in [-0.2, 0) is 11.3 Å². The standard InChI is InChI=1S/C14H22N4O3.C7H8/c1-6-9(3)18(14(19)20-10(4)7-2)8-12-16-17-13(21-12)11(5)15;1-7-5-3-2-4-6-7/h6-7,11H,8,15H2,1-5H3;2-6H,1H3/b9-6+,10-7+;. The van der Waals surface area contributed by atoms with Gasteiger partial charge in [0.1, 0.15) is 12.3 Å². The van der Waals surface area contributed by atoms with Crippen LogP contribution in [0.4, 0.5) is 4.79 Å². The summed E-state index contributed by atoms with van der Waals surface area (Å²) in [5.74, 6) is 1.16. The van der Waals surface area contributed by atoms with E-state index in [4.69, 9.17) is 14.9 Å². The van der Waals surface area contributed by atoms with E-state index in [1.807, 2.05) is 25.1 Å². The minimum Gasteiger partial charge on any atom is -0.422 e. The highest BCUT2D eigenvalue weighted by atomic mass is 16.6. The van der Waals surface area contributed by atoms with Gasteiger partial charge in [0, 0.05) is 5.70 Å². The highest BCUT2D eigenvalue weighted by Gasteiger charge is 2.21. The zero-order valence-corrected chi connectivity index (χ0v) is 17.5. The maximum Gasteiger partial charge on any atom is 0.419 e. The number of allylic oxidation sites excluding steroid dienone is 4. The van der Waals surface area contributed by atoms with Crippen molar-refractivity contribution in [3.05, 3.63) is 71.3 Å². The Morgan fingerprint density at radius 2 is 1.86 bits per heavy atom. The molecule has 2 rings (SSSR count). The number of nitrogens with two attached hydrogens (primary N) is 1. The molecule has 0 saturated carbocycles. The first-order chi connectivity index (χ1) is 13.3. The molecule has 0 aliphatic carbocycles. The van der Waals surface area contributed by atoms with Crippen LogP contribution in [-0.4, -0.2) is 21.2 Å². The van der Waals surface area contributed by atoms with Crippen molar-refractivity contribution >= 4 is 6.09 Å². The van der Waals surface area contributed by atoms with Crippen LogP contribution in [0.5, 0.6) is 0 Å². The monoisotopic (exact) mass is 386 g/mol. The minimum absolute atomic E-state index is 0.131. The summed E-state index contributed by atoms with van der Waals surface area (Å²) in [5, 5.41) is 7.73. The summed E-state index contributed by atoms with van der Waals surface area (Å²) in [7, 11) is 0. The summed E-state index contributed by atoms with van der Waals surface area (Å²) >= 11 is 0. The van der Waals surface area contributed by atoms with Crippen molar-refractivity contribution in [3.8, 4) is 0 Å². The molecule has 152 valence electrons. The van der Waals surface area contributed by atoms with Gasteiger partial charge in [-0.2, -0.15) is 0 Å². The molecule has 0 radical (unpaired) electrons. The zero-order chi connectivity index (χ0) is 21.1. The fourth-order valence-electron chi connectivity index (χ4n) is 1.92. The first kappa shape index (κ1) is 23.1. The van der Waals surface area contributed by atoms with Gasteiger partial charge in [0.15, 0.2) is 0 Å². The number of nitrogens with zero attached hydrogens (tertiary/aromatic N) is 3. The number of hydrogen-bond donors (Lipinski definition) is 1. The average Bonchev–Trinajstić information content (AvgIpc) is 3.15. The molecular formula is C21H30N4O3. The number of aromatic nitrogens is 2. The third kappa shape index (κ3) is 7.75. The Labute approximate surface area is 166 Å². The van der Waals surface area contributed by atoms with Gasteiger partial charge in [-0.15, -0.1) is 10.2 Å². The van der Waals surface area contributed by atoms with E-state index in [-0.39, 0.29) is 12.6 Å². The van der Waals surface area contributed by atoms with Crippen molar-refractivity contribution in [1.29, 1.82) is 0 Å². The Kier molecular flexibility index (Phi) is 9.67. The lowest BCUT2D eigenvalue weighted by Gasteiger charge is -2.21. The molecule has 0 aliphatic heterocycles. The summed E-state index contributed by atoms with van der Waals surface area (Å²) in [6.07, 6.45) is 3.01. The third-order valence-electron chi connectivity index (χ3n) is 3.82. The predicted molar refractivity (Wildman–Crippen MR) is 109 cm³/mol. The normalized spacial score (nSPS) is 12.7. The SMILES string of the molecule is C/C=C(\C)OC(=O)N(Cc1nnc(C(C)N)o1)/C(C)=C/C.Cc1ccccc1. The molecule has 7 heteroatoms. The first-order valence-corrected chi connectivity index (χ1v) is 9.13. The van der Waals surface area contributed by atoms with Crippen molar-refractivity contribution in [2.45, 2.75) is 54.1 Å². The first-order valence-electron chi connectivity index (χ1n) is 9.13. The van der Waals surface area contributed by atoms with E-state index in [1.165, 1.54) is 10.5 Å². The highest BCUT2D eigenvalue weighted by molar-refractivity contribution is 5.70. The molecule has 7 nitrogen and oxygen atoms in total. The van der Waals surface area contributed by atoms with Crippen LogP contribution in [0.1, 0.15) is 58.0 Å². The molecule has 1 aromatic heterocycles. The lowest BCUT2D eigenvalue weighted by Crippen LogP contribution is -2.29. The third-order valence-corrected chi connectivity index (χ3v) is 3.82. The van der Waals surface area contributed by atoms with Crippen LogP contribution < -0.4 is 5.73 Å². The maximum atomic E-state index is 12.2. The van der Waals surface area contributed by atoms with Crippen molar-refractivity contribution in [2.75, 3.05) is 0 Å². The van der Waals surface area contributed by atoms with Gasteiger partial charge in [-0.3, -0.25) is 4.90 Å². The number of rotatable bonds is 5. The van der Waals surface area contributed by atoms with E-state index < -0.39 is 6.09 Å².